The molecule has 1 aromatic carbocycles. The molecule has 2 aromatic rings. The van der Waals surface area contributed by atoms with Crippen LogP contribution in [0.25, 0.3) is 0 Å². The molecule has 5 nitrogen and oxygen atoms in total. The van der Waals surface area contributed by atoms with Crippen LogP contribution in [0.15, 0.2) is 47.3 Å². The van der Waals surface area contributed by atoms with Crippen molar-refractivity contribution in [1.29, 1.82) is 0 Å². The number of nitrogens with one attached hydrogen (secondary N) is 1. The Balaban J connectivity index is 1.97. The fourth-order valence-electron chi connectivity index (χ4n) is 1.78. The summed E-state index contributed by atoms with van der Waals surface area (Å²) in [4.78, 5) is 14.2. The Bertz CT molecular complexity index is 615. The molecule has 1 heterocycles. The zero-order chi connectivity index (χ0) is 15.8. The number of hydrogen-bond acceptors (Lipinski definition) is 6. The van der Waals surface area contributed by atoms with Crippen LogP contribution in [-0.2, 0) is 4.79 Å². The zero-order valence-electron chi connectivity index (χ0n) is 12.4. The van der Waals surface area contributed by atoms with Crippen LogP contribution in [0.1, 0.15) is 6.92 Å². The number of hydrogen-bond donors (Lipinski definition) is 1. The summed E-state index contributed by atoms with van der Waals surface area (Å²) in [5.74, 6) is 0.347. The number of benzene rings is 1. The second-order valence-corrected chi connectivity index (χ2v) is 6.52. The van der Waals surface area contributed by atoms with Crippen LogP contribution in [-0.4, -0.2) is 34.9 Å². The summed E-state index contributed by atoms with van der Waals surface area (Å²) in [5.41, 5.74) is 0.874. The monoisotopic (exact) mass is 334 g/mol. The largest absolute Gasteiger partial charge is 0.360 e. The van der Waals surface area contributed by atoms with Crippen LogP contribution in [0.5, 0.6) is 0 Å². The summed E-state index contributed by atoms with van der Waals surface area (Å²) in [7, 11) is 0. The highest BCUT2D eigenvalue weighted by molar-refractivity contribution is 8.01. The summed E-state index contributed by atoms with van der Waals surface area (Å²) >= 11 is 2.86. The number of rotatable bonds is 8. The third-order valence-corrected chi connectivity index (χ3v) is 4.73. The van der Waals surface area contributed by atoms with Crippen molar-refractivity contribution in [3.63, 3.8) is 0 Å². The van der Waals surface area contributed by atoms with Crippen LogP contribution < -0.4 is 10.2 Å². The van der Waals surface area contributed by atoms with Crippen molar-refractivity contribution in [2.45, 2.75) is 11.3 Å². The minimum atomic E-state index is 0.0244. The number of nitrogens with zero attached hydrogens (tertiary/aromatic N) is 3. The van der Waals surface area contributed by atoms with E-state index in [1.165, 1.54) is 23.1 Å². The van der Waals surface area contributed by atoms with E-state index in [0.717, 1.165) is 21.7 Å². The molecule has 116 valence electrons. The van der Waals surface area contributed by atoms with Crippen molar-refractivity contribution in [1.82, 2.24) is 10.2 Å². The molecule has 7 heteroatoms. The summed E-state index contributed by atoms with van der Waals surface area (Å²) in [6, 6.07) is 9.59. The molecule has 0 atom stereocenters. The van der Waals surface area contributed by atoms with Crippen molar-refractivity contribution < 1.29 is 4.79 Å². The van der Waals surface area contributed by atoms with Crippen LogP contribution in [0.3, 0.4) is 0 Å². The van der Waals surface area contributed by atoms with E-state index in [2.05, 4.69) is 22.1 Å². The van der Waals surface area contributed by atoms with Crippen LogP contribution in [0.4, 0.5) is 10.8 Å². The van der Waals surface area contributed by atoms with Crippen molar-refractivity contribution >= 4 is 39.8 Å². The van der Waals surface area contributed by atoms with Crippen LogP contribution in [0.2, 0.25) is 0 Å². The predicted octanol–water partition coefficient (Wildman–Crippen LogP) is 3.28. The second kappa shape index (κ2) is 8.55. The first kappa shape index (κ1) is 16.5. The molecule has 0 aliphatic carbocycles. The van der Waals surface area contributed by atoms with Crippen molar-refractivity contribution in [2.24, 2.45) is 0 Å². The molecule has 1 aromatic heterocycles. The molecule has 0 aliphatic heterocycles. The smallest absolute Gasteiger partial charge is 0.237 e. The highest BCUT2D eigenvalue weighted by Crippen LogP contribution is 2.26. The topological polar surface area (TPSA) is 58.1 Å². The third-order valence-electron chi connectivity index (χ3n) is 2.73. The van der Waals surface area contributed by atoms with Gasteiger partial charge in [0.1, 0.15) is 0 Å². The fraction of sp³-hybridized carbons (Fsp3) is 0.267. The van der Waals surface area contributed by atoms with Gasteiger partial charge in [-0.1, -0.05) is 47.4 Å². The van der Waals surface area contributed by atoms with Crippen molar-refractivity contribution in [3.8, 4) is 0 Å². The molecule has 22 heavy (non-hydrogen) atoms. The maximum atomic E-state index is 12.4. The molecular formula is C15H18N4OS2. The van der Waals surface area contributed by atoms with E-state index < -0.39 is 0 Å². The van der Waals surface area contributed by atoms with Crippen LogP contribution >= 0.6 is 23.1 Å². The molecule has 0 aliphatic rings. The number of aromatic nitrogens is 2. The predicted molar refractivity (Wildman–Crippen MR) is 93.8 cm³/mol. The zero-order valence-corrected chi connectivity index (χ0v) is 14.0. The fourth-order valence-corrected chi connectivity index (χ4v) is 3.48. The Labute approximate surface area is 138 Å². The van der Waals surface area contributed by atoms with E-state index in [4.69, 9.17) is 0 Å². The van der Waals surface area contributed by atoms with Gasteiger partial charge in [-0.2, -0.15) is 0 Å². The minimum absolute atomic E-state index is 0.0244. The maximum absolute atomic E-state index is 12.4. The minimum Gasteiger partial charge on any atom is -0.360 e. The Morgan fingerprint density at radius 3 is 2.86 bits per heavy atom. The van der Waals surface area contributed by atoms with Crippen molar-refractivity contribution in [2.75, 3.05) is 29.1 Å². The van der Waals surface area contributed by atoms with E-state index in [0.29, 0.717) is 12.3 Å². The number of amides is 1. The molecule has 1 N–H and O–H groups in total. The Kier molecular flexibility index (Phi) is 6.42. The molecule has 0 bridgehead atoms. The molecule has 0 fully saturated rings. The highest BCUT2D eigenvalue weighted by atomic mass is 32.2. The lowest BCUT2D eigenvalue weighted by Gasteiger charge is -2.20. The second-order valence-electron chi connectivity index (χ2n) is 4.32. The van der Waals surface area contributed by atoms with E-state index in [9.17, 15) is 4.79 Å². The summed E-state index contributed by atoms with van der Waals surface area (Å²) in [6.07, 6.45) is 1.73. The quantitative estimate of drug-likeness (QED) is 0.593. The highest BCUT2D eigenvalue weighted by Gasteiger charge is 2.15. The summed E-state index contributed by atoms with van der Waals surface area (Å²) < 4.78 is 0.788. The van der Waals surface area contributed by atoms with Gasteiger partial charge < -0.3 is 10.2 Å². The lowest BCUT2D eigenvalue weighted by atomic mass is 10.3. The van der Waals surface area contributed by atoms with Gasteiger partial charge in [0.2, 0.25) is 11.0 Å². The summed E-state index contributed by atoms with van der Waals surface area (Å²) in [5, 5.41) is 12.0. The average Bonchev–Trinajstić information content (AvgIpc) is 2.99. The van der Waals surface area contributed by atoms with Crippen LogP contribution in [0, 0.1) is 0 Å². The number of carbonyl (C=O) groups is 1. The molecule has 0 saturated carbocycles. The van der Waals surface area contributed by atoms with Crippen molar-refractivity contribution in [3.05, 3.63) is 43.0 Å². The maximum Gasteiger partial charge on any atom is 0.237 e. The number of anilines is 2. The first-order valence-corrected chi connectivity index (χ1v) is 8.71. The Morgan fingerprint density at radius 1 is 1.41 bits per heavy atom. The molecule has 0 unspecified atom stereocenters. The molecule has 2 rings (SSSR count). The van der Waals surface area contributed by atoms with Gasteiger partial charge in [0, 0.05) is 18.8 Å². The van der Waals surface area contributed by atoms with Gasteiger partial charge in [-0.3, -0.25) is 4.79 Å². The summed E-state index contributed by atoms with van der Waals surface area (Å²) in [6.45, 7) is 7.02. The van der Waals surface area contributed by atoms with Gasteiger partial charge >= 0.3 is 0 Å². The van der Waals surface area contributed by atoms with Gasteiger partial charge in [-0.15, -0.1) is 16.8 Å². The van der Waals surface area contributed by atoms with Gasteiger partial charge in [-0.25, -0.2) is 0 Å². The third kappa shape index (κ3) is 4.57. The lowest BCUT2D eigenvalue weighted by Crippen LogP contribution is -2.32. The average molecular weight is 334 g/mol. The standard InChI is InChI=1S/C15H18N4OS2/c1-3-10-19(12-8-6-5-7-9-12)13(20)11-21-15-18-17-14(22-15)16-4-2/h3,5-9H,1,4,10-11H2,2H3,(H,16,17). The lowest BCUT2D eigenvalue weighted by molar-refractivity contribution is -0.116. The number of thioether (sulfide) groups is 1. The van der Waals surface area contributed by atoms with E-state index in [1.807, 2.05) is 37.3 Å². The number of para-hydroxylation sites is 1. The molecule has 0 radical (unpaired) electrons. The first-order chi connectivity index (χ1) is 10.7. The van der Waals surface area contributed by atoms with Gasteiger partial charge in [0.15, 0.2) is 4.34 Å². The van der Waals surface area contributed by atoms with E-state index in [-0.39, 0.29) is 5.91 Å². The van der Waals surface area contributed by atoms with E-state index in [1.54, 1.807) is 11.0 Å². The first-order valence-electron chi connectivity index (χ1n) is 6.91. The normalized spacial score (nSPS) is 10.2. The van der Waals surface area contributed by atoms with Gasteiger partial charge in [0.05, 0.1) is 5.75 Å². The molecule has 0 saturated heterocycles. The van der Waals surface area contributed by atoms with Gasteiger partial charge in [0.25, 0.3) is 0 Å². The molecule has 0 spiro atoms. The molecular weight excluding hydrogens is 316 g/mol. The SMILES string of the molecule is C=CCN(C(=O)CSc1nnc(NCC)s1)c1ccccc1. The van der Waals surface area contributed by atoms with E-state index >= 15 is 0 Å². The van der Waals surface area contributed by atoms with Gasteiger partial charge in [-0.05, 0) is 19.1 Å². The number of carbonyl (C=O) groups excluding carboxylic acids is 1. The Morgan fingerprint density at radius 2 is 2.18 bits per heavy atom. The molecule has 1 amide bonds. The Hall–Kier alpha value is -1.86.